The molecule has 0 bridgehead atoms. The standard InChI is InChI=1S/C26H39N5O9/c1-14(2)22(25(38)30-20(26(39)40)12-16-7-9-17(33)10-8-16)31-24(37)19(13-21(34)35)29-23(36)18(28-15(3)32)6-4-5-11-27/h7-10,14,18-20,22,33H,4-6,11-13,27H2,1-3H3,(H,28,32)(H,29,36)(H,30,38)(H,31,37)(H,34,35)(H,39,40)/t18-,19-,20-,22-/m0/s1. The van der Waals surface area contributed by atoms with Gasteiger partial charge in [-0.1, -0.05) is 26.0 Å². The Kier molecular flexibility index (Phi) is 14.1. The van der Waals surface area contributed by atoms with E-state index in [-0.39, 0.29) is 18.6 Å². The second-order valence-corrected chi connectivity index (χ2v) is 9.70. The molecule has 4 amide bonds. The molecule has 0 aliphatic rings. The average Bonchev–Trinajstić information content (AvgIpc) is 2.86. The van der Waals surface area contributed by atoms with E-state index in [2.05, 4.69) is 21.3 Å². The maximum Gasteiger partial charge on any atom is 0.326 e. The summed E-state index contributed by atoms with van der Waals surface area (Å²) in [6, 6.07) is 0.503. The van der Waals surface area contributed by atoms with Crippen LogP contribution in [0.2, 0.25) is 0 Å². The Labute approximate surface area is 232 Å². The monoisotopic (exact) mass is 565 g/mol. The number of phenolic OH excluding ortho intramolecular Hbond substituents is 1. The van der Waals surface area contributed by atoms with Gasteiger partial charge in [0.15, 0.2) is 0 Å². The number of nitrogens with two attached hydrogens (primary N) is 1. The highest BCUT2D eigenvalue weighted by atomic mass is 16.4. The normalized spacial score (nSPS) is 13.8. The van der Waals surface area contributed by atoms with Gasteiger partial charge in [0.05, 0.1) is 6.42 Å². The van der Waals surface area contributed by atoms with Gasteiger partial charge in [-0.05, 0) is 49.4 Å². The van der Waals surface area contributed by atoms with Crippen LogP contribution in [0.15, 0.2) is 24.3 Å². The first-order valence-corrected chi connectivity index (χ1v) is 12.9. The molecule has 0 saturated heterocycles. The van der Waals surface area contributed by atoms with E-state index >= 15 is 0 Å². The van der Waals surface area contributed by atoms with Gasteiger partial charge in [0, 0.05) is 13.3 Å². The molecule has 1 aromatic carbocycles. The van der Waals surface area contributed by atoms with Gasteiger partial charge in [-0.2, -0.15) is 0 Å². The summed E-state index contributed by atoms with van der Waals surface area (Å²) in [4.78, 5) is 73.8. The number of phenols is 1. The molecule has 0 saturated carbocycles. The first-order valence-electron chi connectivity index (χ1n) is 12.9. The van der Waals surface area contributed by atoms with E-state index in [1.54, 1.807) is 13.8 Å². The van der Waals surface area contributed by atoms with Gasteiger partial charge in [0.25, 0.3) is 0 Å². The van der Waals surface area contributed by atoms with E-state index in [1.165, 1.54) is 31.2 Å². The van der Waals surface area contributed by atoms with Crippen molar-refractivity contribution in [1.82, 2.24) is 21.3 Å². The van der Waals surface area contributed by atoms with Gasteiger partial charge in [-0.25, -0.2) is 4.79 Å². The van der Waals surface area contributed by atoms with Crippen molar-refractivity contribution in [3.8, 4) is 5.75 Å². The molecule has 1 aromatic rings. The SMILES string of the molecule is CC(=O)N[C@@H](CCCCN)C(=O)N[C@@H](CC(=O)O)C(=O)N[C@H](C(=O)N[C@@H](Cc1ccc(O)cc1)C(=O)O)C(C)C. The van der Waals surface area contributed by atoms with Crippen molar-refractivity contribution in [2.75, 3.05) is 6.54 Å². The molecule has 4 atom stereocenters. The van der Waals surface area contributed by atoms with Gasteiger partial charge in [0.2, 0.25) is 23.6 Å². The molecule has 0 aliphatic heterocycles. The Balaban J connectivity index is 3.03. The van der Waals surface area contributed by atoms with Crippen LogP contribution in [-0.4, -0.2) is 81.6 Å². The van der Waals surface area contributed by atoms with E-state index in [1.807, 2.05) is 0 Å². The molecule has 40 heavy (non-hydrogen) atoms. The van der Waals surface area contributed by atoms with Crippen molar-refractivity contribution in [2.24, 2.45) is 11.7 Å². The van der Waals surface area contributed by atoms with Gasteiger partial charge >= 0.3 is 11.9 Å². The predicted molar refractivity (Wildman–Crippen MR) is 143 cm³/mol. The molecule has 0 radical (unpaired) electrons. The Morgan fingerprint density at radius 2 is 1.38 bits per heavy atom. The first kappa shape index (κ1) is 33.8. The minimum absolute atomic E-state index is 0.00999. The molecule has 0 unspecified atom stereocenters. The second-order valence-electron chi connectivity index (χ2n) is 9.70. The molecule has 0 aromatic heterocycles. The molecule has 222 valence electrons. The summed E-state index contributed by atoms with van der Waals surface area (Å²) in [5.74, 6) is -6.36. The van der Waals surface area contributed by atoms with E-state index in [4.69, 9.17) is 5.73 Å². The van der Waals surface area contributed by atoms with Crippen LogP contribution in [0.25, 0.3) is 0 Å². The summed E-state index contributed by atoms with van der Waals surface area (Å²) in [6.07, 6.45) is 0.371. The lowest BCUT2D eigenvalue weighted by Crippen LogP contribution is -2.59. The number of hydrogen-bond acceptors (Lipinski definition) is 8. The van der Waals surface area contributed by atoms with Crippen LogP contribution in [0.4, 0.5) is 0 Å². The number of carbonyl (C=O) groups is 6. The summed E-state index contributed by atoms with van der Waals surface area (Å²) in [5.41, 5.74) is 6.00. The molecule has 0 heterocycles. The number of hydrogen-bond donors (Lipinski definition) is 8. The van der Waals surface area contributed by atoms with Gasteiger partial charge in [-0.3, -0.25) is 24.0 Å². The number of amides is 4. The lowest BCUT2D eigenvalue weighted by Gasteiger charge is -2.27. The third-order valence-corrected chi connectivity index (χ3v) is 5.89. The lowest BCUT2D eigenvalue weighted by atomic mass is 10.0. The van der Waals surface area contributed by atoms with E-state index in [0.29, 0.717) is 24.9 Å². The zero-order valence-corrected chi connectivity index (χ0v) is 22.8. The van der Waals surface area contributed by atoms with Gasteiger partial charge < -0.3 is 42.3 Å². The van der Waals surface area contributed by atoms with Crippen molar-refractivity contribution >= 4 is 35.6 Å². The molecule has 9 N–H and O–H groups in total. The van der Waals surface area contributed by atoms with Crippen molar-refractivity contribution < 1.29 is 44.1 Å². The number of aliphatic carboxylic acids is 2. The predicted octanol–water partition coefficient (Wildman–Crippen LogP) is -0.762. The Morgan fingerprint density at radius 3 is 1.88 bits per heavy atom. The maximum atomic E-state index is 13.1. The van der Waals surface area contributed by atoms with E-state index < -0.39 is 72.1 Å². The fourth-order valence-corrected chi connectivity index (χ4v) is 3.78. The Hall–Kier alpha value is -4.20. The van der Waals surface area contributed by atoms with Crippen molar-refractivity contribution in [3.05, 3.63) is 29.8 Å². The number of carbonyl (C=O) groups excluding carboxylic acids is 4. The summed E-state index contributed by atoms with van der Waals surface area (Å²) < 4.78 is 0. The highest BCUT2D eigenvalue weighted by molar-refractivity contribution is 5.96. The highest BCUT2D eigenvalue weighted by Gasteiger charge is 2.33. The Bertz CT molecular complexity index is 1050. The molecular formula is C26H39N5O9. The fourth-order valence-electron chi connectivity index (χ4n) is 3.78. The summed E-state index contributed by atoms with van der Waals surface area (Å²) >= 11 is 0. The van der Waals surface area contributed by atoms with Crippen molar-refractivity contribution in [1.29, 1.82) is 0 Å². The molecular weight excluding hydrogens is 526 g/mol. The zero-order valence-electron chi connectivity index (χ0n) is 22.8. The minimum Gasteiger partial charge on any atom is -0.508 e. The number of carboxylic acid groups (broad SMARTS) is 2. The molecule has 0 fully saturated rings. The van der Waals surface area contributed by atoms with E-state index in [9.17, 15) is 44.1 Å². The number of aromatic hydroxyl groups is 1. The lowest BCUT2D eigenvalue weighted by molar-refractivity contribution is -0.143. The number of nitrogens with one attached hydrogen (secondary N) is 4. The van der Waals surface area contributed by atoms with Crippen LogP contribution < -0.4 is 27.0 Å². The number of rotatable bonds is 17. The van der Waals surface area contributed by atoms with Gasteiger partial charge in [-0.15, -0.1) is 0 Å². The fraction of sp³-hybridized carbons (Fsp3) is 0.538. The molecule has 0 spiro atoms. The summed E-state index contributed by atoms with van der Waals surface area (Å²) in [5, 5.41) is 38.0. The molecule has 14 nitrogen and oxygen atoms in total. The van der Waals surface area contributed by atoms with Crippen LogP contribution in [0.5, 0.6) is 5.75 Å². The largest absolute Gasteiger partial charge is 0.508 e. The smallest absolute Gasteiger partial charge is 0.326 e. The number of unbranched alkanes of at least 4 members (excludes halogenated alkanes) is 1. The van der Waals surface area contributed by atoms with Crippen molar-refractivity contribution in [3.63, 3.8) is 0 Å². The van der Waals surface area contributed by atoms with Gasteiger partial charge in [0.1, 0.15) is 29.9 Å². The molecule has 0 aliphatic carbocycles. The van der Waals surface area contributed by atoms with Crippen LogP contribution in [0.3, 0.4) is 0 Å². The van der Waals surface area contributed by atoms with Crippen molar-refractivity contribution in [2.45, 2.75) is 77.0 Å². The first-order chi connectivity index (χ1) is 18.7. The quantitative estimate of drug-likeness (QED) is 0.110. The summed E-state index contributed by atoms with van der Waals surface area (Å²) in [7, 11) is 0. The van der Waals surface area contributed by atoms with Crippen LogP contribution in [-0.2, 0) is 35.2 Å². The molecule has 14 heteroatoms. The third kappa shape index (κ3) is 12.1. The van der Waals surface area contributed by atoms with Crippen LogP contribution in [0.1, 0.15) is 52.0 Å². The zero-order chi connectivity index (χ0) is 30.4. The minimum atomic E-state index is -1.59. The number of benzene rings is 1. The maximum absolute atomic E-state index is 13.1. The third-order valence-electron chi connectivity index (χ3n) is 5.89. The van der Waals surface area contributed by atoms with E-state index in [0.717, 1.165) is 0 Å². The second kappa shape index (κ2) is 16.7. The molecule has 1 rings (SSSR count). The highest BCUT2D eigenvalue weighted by Crippen LogP contribution is 2.12. The topological polar surface area (TPSA) is 237 Å². The van der Waals surface area contributed by atoms with Crippen LogP contribution >= 0.6 is 0 Å². The Morgan fingerprint density at radius 1 is 0.800 bits per heavy atom. The number of carboxylic acids is 2. The van der Waals surface area contributed by atoms with Crippen LogP contribution in [0, 0.1) is 5.92 Å². The average molecular weight is 566 g/mol. The summed E-state index contributed by atoms with van der Waals surface area (Å²) in [6.45, 7) is 4.77.